The number of hydrogen-bond acceptors (Lipinski definition) is 1. The Balaban J connectivity index is 2.29. The van der Waals surface area contributed by atoms with Crippen molar-refractivity contribution in [3.8, 4) is 0 Å². The van der Waals surface area contributed by atoms with Gasteiger partial charge in [-0.05, 0) is 30.0 Å². The summed E-state index contributed by atoms with van der Waals surface area (Å²) in [5.74, 6) is 1.33. The Kier molecular flexibility index (Phi) is 3.99. The Labute approximate surface area is 107 Å². The van der Waals surface area contributed by atoms with Crippen LogP contribution < -0.4 is 4.90 Å². The molecular formula is C13H17Cl2N. The number of rotatable bonds is 4. The van der Waals surface area contributed by atoms with Gasteiger partial charge >= 0.3 is 0 Å². The molecule has 0 radical (unpaired) electrons. The molecule has 0 saturated heterocycles. The number of halogens is 2. The first-order valence-electron chi connectivity index (χ1n) is 5.80. The molecule has 0 spiro atoms. The lowest BCUT2D eigenvalue weighted by molar-refractivity contribution is 0.698. The van der Waals surface area contributed by atoms with Gasteiger partial charge in [-0.3, -0.25) is 0 Å². The third-order valence-corrected chi connectivity index (χ3v) is 3.79. The van der Waals surface area contributed by atoms with Gasteiger partial charge in [-0.25, -0.2) is 0 Å². The lowest BCUT2D eigenvalue weighted by Crippen LogP contribution is -2.34. The fraction of sp³-hybridized carbons (Fsp3) is 0.538. The van der Waals surface area contributed by atoms with Crippen molar-refractivity contribution in [2.24, 2.45) is 0 Å². The van der Waals surface area contributed by atoms with Gasteiger partial charge in [0.1, 0.15) is 0 Å². The molecule has 0 aliphatic carbocycles. The zero-order chi connectivity index (χ0) is 11.5. The van der Waals surface area contributed by atoms with Crippen LogP contribution >= 0.6 is 23.2 Å². The first-order chi connectivity index (χ1) is 7.80. The average Bonchev–Trinajstić information content (AvgIpc) is 2.67. The second kappa shape index (κ2) is 5.29. The van der Waals surface area contributed by atoms with Crippen LogP contribution in [0.5, 0.6) is 0 Å². The summed E-state index contributed by atoms with van der Waals surface area (Å²) in [6, 6.07) is 7.15. The maximum atomic E-state index is 6.02. The molecule has 1 aromatic rings. The lowest BCUT2D eigenvalue weighted by atomic mass is 10.1. The molecule has 0 fully saturated rings. The highest BCUT2D eigenvalue weighted by Gasteiger charge is 2.27. The highest BCUT2D eigenvalue weighted by Crippen LogP contribution is 2.33. The van der Waals surface area contributed by atoms with Gasteiger partial charge in [-0.1, -0.05) is 19.1 Å². The number of alkyl halides is 2. The van der Waals surface area contributed by atoms with Crippen LogP contribution in [0.3, 0.4) is 0 Å². The number of benzene rings is 1. The van der Waals surface area contributed by atoms with Crippen molar-refractivity contribution in [1.29, 1.82) is 0 Å². The molecule has 0 bridgehead atoms. The summed E-state index contributed by atoms with van der Waals surface area (Å²) in [5, 5.41) is 0. The van der Waals surface area contributed by atoms with Crippen LogP contribution in [-0.4, -0.2) is 24.3 Å². The molecule has 1 aliphatic heterocycles. The molecule has 0 saturated carbocycles. The molecule has 1 atom stereocenters. The fourth-order valence-electron chi connectivity index (χ4n) is 2.40. The largest absolute Gasteiger partial charge is 0.366 e. The van der Waals surface area contributed by atoms with Crippen molar-refractivity contribution in [3.63, 3.8) is 0 Å². The van der Waals surface area contributed by atoms with Crippen LogP contribution in [0.25, 0.3) is 0 Å². The van der Waals surface area contributed by atoms with Crippen molar-refractivity contribution in [3.05, 3.63) is 29.3 Å². The molecule has 1 nitrogen and oxygen atoms in total. The molecular weight excluding hydrogens is 241 g/mol. The second-order valence-electron chi connectivity index (χ2n) is 4.21. The molecule has 0 N–H and O–H groups in total. The van der Waals surface area contributed by atoms with Crippen molar-refractivity contribution in [1.82, 2.24) is 0 Å². The smallest absolute Gasteiger partial charge is 0.0467 e. The monoisotopic (exact) mass is 257 g/mol. The highest BCUT2D eigenvalue weighted by molar-refractivity contribution is 6.19. The van der Waals surface area contributed by atoms with Crippen LogP contribution in [0.2, 0.25) is 0 Å². The number of aryl methyl sites for hydroxylation is 1. The quantitative estimate of drug-likeness (QED) is 0.747. The second-order valence-corrected chi connectivity index (χ2v) is 4.90. The Morgan fingerprint density at radius 1 is 1.38 bits per heavy atom. The predicted octanol–water partition coefficient (Wildman–Crippen LogP) is 3.46. The van der Waals surface area contributed by atoms with E-state index in [0.717, 1.165) is 19.4 Å². The van der Waals surface area contributed by atoms with Gasteiger partial charge in [0, 0.05) is 30.0 Å². The van der Waals surface area contributed by atoms with Crippen LogP contribution in [0.1, 0.15) is 18.1 Å². The minimum Gasteiger partial charge on any atom is -0.366 e. The Morgan fingerprint density at radius 2 is 2.19 bits per heavy atom. The molecule has 0 aromatic heterocycles. The Morgan fingerprint density at radius 3 is 2.81 bits per heavy atom. The Hall–Kier alpha value is -0.400. The summed E-state index contributed by atoms with van der Waals surface area (Å²) in [7, 11) is 0. The van der Waals surface area contributed by atoms with E-state index in [0.29, 0.717) is 17.8 Å². The van der Waals surface area contributed by atoms with Gasteiger partial charge in [0.2, 0.25) is 0 Å². The maximum absolute atomic E-state index is 6.02. The van der Waals surface area contributed by atoms with Crippen molar-refractivity contribution in [2.45, 2.75) is 25.8 Å². The van der Waals surface area contributed by atoms with Gasteiger partial charge in [0.15, 0.2) is 0 Å². The average molecular weight is 258 g/mol. The first kappa shape index (κ1) is 12.1. The van der Waals surface area contributed by atoms with E-state index in [1.54, 1.807) is 0 Å². The third-order valence-electron chi connectivity index (χ3n) is 3.26. The van der Waals surface area contributed by atoms with Gasteiger partial charge < -0.3 is 4.90 Å². The van der Waals surface area contributed by atoms with Gasteiger partial charge in [-0.15, -0.1) is 23.2 Å². The summed E-state index contributed by atoms with van der Waals surface area (Å²) in [6.07, 6.45) is 2.15. The number of nitrogens with zero attached hydrogens (tertiary/aromatic N) is 1. The minimum absolute atomic E-state index is 0.419. The molecule has 3 heteroatoms. The Bertz CT molecular complexity index is 365. The summed E-state index contributed by atoms with van der Waals surface area (Å²) < 4.78 is 0. The van der Waals surface area contributed by atoms with Crippen LogP contribution in [-0.2, 0) is 12.8 Å². The van der Waals surface area contributed by atoms with E-state index in [1.807, 2.05) is 0 Å². The third kappa shape index (κ3) is 2.16. The topological polar surface area (TPSA) is 3.24 Å². The lowest BCUT2D eigenvalue weighted by Gasteiger charge is -2.25. The number of fused-ring (bicyclic) bond motifs is 1. The van der Waals surface area contributed by atoms with Gasteiger partial charge in [0.25, 0.3) is 0 Å². The molecule has 88 valence electrons. The standard InChI is InChI=1S/C13H17Cl2N/c1-2-10-3-4-13-11(7-10)8-12(9-15)16(13)6-5-14/h3-4,7,12H,2,5-6,8-9H2,1H3. The van der Waals surface area contributed by atoms with Crippen LogP contribution in [0, 0.1) is 0 Å². The van der Waals surface area contributed by atoms with Gasteiger partial charge in [0.05, 0.1) is 0 Å². The minimum atomic E-state index is 0.419. The van der Waals surface area contributed by atoms with E-state index in [-0.39, 0.29) is 0 Å². The summed E-state index contributed by atoms with van der Waals surface area (Å²) >= 11 is 11.9. The van der Waals surface area contributed by atoms with Crippen molar-refractivity contribution >= 4 is 28.9 Å². The molecule has 0 amide bonds. The molecule has 1 aromatic carbocycles. The maximum Gasteiger partial charge on any atom is 0.0467 e. The van der Waals surface area contributed by atoms with E-state index >= 15 is 0 Å². The van der Waals surface area contributed by atoms with Crippen LogP contribution in [0.4, 0.5) is 5.69 Å². The SMILES string of the molecule is CCc1ccc2c(c1)CC(CCl)N2CCCl. The summed E-state index contributed by atoms with van der Waals surface area (Å²) in [5.41, 5.74) is 4.15. The predicted molar refractivity (Wildman–Crippen MR) is 72.1 cm³/mol. The number of anilines is 1. The molecule has 1 heterocycles. The van der Waals surface area contributed by atoms with Crippen LogP contribution in [0.15, 0.2) is 18.2 Å². The van der Waals surface area contributed by atoms with E-state index in [1.165, 1.54) is 16.8 Å². The molecule has 1 unspecified atom stereocenters. The molecule has 1 aliphatic rings. The molecule has 2 rings (SSSR count). The molecule has 16 heavy (non-hydrogen) atoms. The van der Waals surface area contributed by atoms with Crippen molar-refractivity contribution < 1.29 is 0 Å². The van der Waals surface area contributed by atoms with E-state index in [4.69, 9.17) is 23.2 Å². The highest BCUT2D eigenvalue weighted by atomic mass is 35.5. The van der Waals surface area contributed by atoms with Gasteiger partial charge in [-0.2, -0.15) is 0 Å². The summed E-state index contributed by atoms with van der Waals surface area (Å²) in [6.45, 7) is 3.07. The zero-order valence-corrected chi connectivity index (χ0v) is 11.1. The van der Waals surface area contributed by atoms with E-state index < -0.39 is 0 Å². The van der Waals surface area contributed by atoms with E-state index in [2.05, 4.69) is 30.0 Å². The number of hydrogen-bond donors (Lipinski definition) is 0. The fourth-order valence-corrected chi connectivity index (χ4v) is 2.85. The van der Waals surface area contributed by atoms with E-state index in [9.17, 15) is 0 Å². The van der Waals surface area contributed by atoms with Crippen molar-refractivity contribution in [2.75, 3.05) is 23.2 Å². The normalized spacial score (nSPS) is 18.9. The summed E-state index contributed by atoms with van der Waals surface area (Å²) in [4.78, 5) is 2.34. The first-order valence-corrected chi connectivity index (χ1v) is 6.87. The zero-order valence-electron chi connectivity index (χ0n) is 9.55.